The molecule has 2 aromatic carbocycles. The van der Waals surface area contributed by atoms with E-state index in [0.717, 1.165) is 24.5 Å². The summed E-state index contributed by atoms with van der Waals surface area (Å²) in [7, 11) is 2.02. The zero-order valence-corrected chi connectivity index (χ0v) is 11.3. The molecular weight excluding hydrogens is 236 g/mol. The van der Waals surface area contributed by atoms with E-state index < -0.39 is 0 Å². The molecule has 0 atom stereocenters. The Balaban J connectivity index is 1.91. The maximum atomic E-state index is 5.75. The molecule has 2 N–H and O–H groups in total. The molecule has 0 radical (unpaired) electrons. The first kappa shape index (κ1) is 13.6. The molecule has 0 amide bonds. The standard InChI is InChI=1S/C16H20N2O/c1-18(13-17)12-11-14-7-9-16(10-8-14)19-15-5-3-2-4-6-15/h2-10H,11-13,17H2,1H3. The highest BCUT2D eigenvalue weighted by Gasteiger charge is 1.99. The second-order valence-electron chi connectivity index (χ2n) is 4.57. The summed E-state index contributed by atoms with van der Waals surface area (Å²) in [6.07, 6.45) is 0.999. The van der Waals surface area contributed by atoms with Gasteiger partial charge in [0.2, 0.25) is 0 Å². The first-order valence-corrected chi connectivity index (χ1v) is 6.48. The molecule has 19 heavy (non-hydrogen) atoms. The van der Waals surface area contributed by atoms with Crippen molar-refractivity contribution in [3.63, 3.8) is 0 Å². The van der Waals surface area contributed by atoms with Gasteiger partial charge >= 0.3 is 0 Å². The van der Waals surface area contributed by atoms with Crippen molar-refractivity contribution >= 4 is 0 Å². The van der Waals surface area contributed by atoms with E-state index in [4.69, 9.17) is 10.5 Å². The summed E-state index contributed by atoms with van der Waals surface area (Å²) in [5.74, 6) is 1.72. The topological polar surface area (TPSA) is 38.5 Å². The van der Waals surface area contributed by atoms with Gasteiger partial charge in [-0.05, 0) is 43.3 Å². The lowest BCUT2D eigenvalue weighted by Crippen LogP contribution is -2.27. The van der Waals surface area contributed by atoms with Gasteiger partial charge < -0.3 is 10.5 Å². The molecule has 0 saturated carbocycles. The molecular formula is C16H20N2O. The third-order valence-corrected chi connectivity index (χ3v) is 3.00. The number of hydrogen-bond acceptors (Lipinski definition) is 3. The molecule has 0 aromatic heterocycles. The minimum Gasteiger partial charge on any atom is -0.457 e. The lowest BCUT2D eigenvalue weighted by atomic mass is 10.1. The van der Waals surface area contributed by atoms with Crippen LogP contribution in [0.25, 0.3) is 0 Å². The van der Waals surface area contributed by atoms with E-state index in [1.807, 2.05) is 49.5 Å². The monoisotopic (exact) mass is 256 g/mol. The Hall–Kier alpha value is -1.84. The summed E-state index contributed by atoms with van der Waals surface area (Å²) in [4.78, 5) is 2.09. The number of para-hydroxylation sites is 1. The Morgan fingerprint density at radius 3 is 2.21 bits per heavy atom. The van der Waals surface area contributed by atoms with Crippen LogP contribution in [0.1, 0.15) is 5.56 Å². The van der Waals surface area contributed by atoms with Gasteiger partial charge in [-0.15, -0.1) is 0 Å². The number of nitrogens with two attached hydrogens (primary N) is 1. The molecule has 0 aliphatic rings. The molecule has 3 heteroatoms. The van der Waals surface area contributed by atoms with E-state index in [1.54, 1.807) is 0 Å². The molecule has 0 saturated heterocycles. The molecule has 0 aliphatic heterocycles. The second kappa shape index (κ2) is 6.92. The quantitative estimate of drug-likeness (QED) is 0.808. The van der Waals surface area contributed by atoms with Gasteiger partial charge in [0.15, 0.2) is 0 Å². The number of ether oxygens (including phenoxy) is 1. The molecule has 0 spiro atoms. The van der Waals surface area contributed by atoms with Crippen molar-refractivity contribution in [2.75, 3.05) is 20.3 Å². The fourth-order valence-corrected chi connectivity index (χ4v) is 1.76. The zero-order valence-electron chi connectivity index (χ0n) is 11.3. The van der Waals surface area contributed by atoms with Gasteiger partial charge in [-0.2, -0.15) is 0 Å². The maximum Gasteiger partial charge on any atom is 0.127 e. The van der Waals surface area contributed by atoms with E-state index in [0.29, 0.717) is 6.67 Å². The minimum atomic E-state index is 0.592. The summed E-state index contributed by atoms with van der Waals surface area (Å²) in [6, 6.07) is 18.0. The molecule has 0 heterocycles. The predicted octanol–water partition coefficient (Wildman–Crippen LogP) is 2.87. The summed E-state index contributed by atoms with van der Waals surface area (Å²) in [5, 5.41) is 0. The van der Waals surface area contributed by atoms with Crippen LogP contribution in [0.3, 0.4) is 0 Å². The van der Waals surface area contributed by atoms with Crippen molar-refractivity contribution in [2.24, 2.45) is 5.73 Å². The van der Waals surface area contributed by atoms with Gasteiger partial charge in [0.1, 0.15) is 11.5 Å². The fourth-order valence-electron chi connectivity index (χ4n) is 1.76. The van der Waals surface area contributed by atoms with E-state index in [1.165, 1.54) is 5.56 Å². The van der Waals surface area contributed by atoms with Gasteiger partial charge in [-0.3, -0.25) is 4.90 Å². The summed E-state index contributed by atoms with van der Waals surface area (Å²) in [6.45, 7) is 1.56. The number of hydrogen-bond donors (Lipinski definition) is 1. The van der Waals surface area contributed by atoms with Gasteiger partial charge in [-0.1, -0.05) is 30.3 Å². The third-order valence-electron chi connectivity index (χ3n) is 3.00. The van der Waals surface area contributed by atoms with Gasteiger partial charge in [0.25, 0.3) is 0 Å². The Bertz CT molecular complexity index is 482. The molecule has 2 rings (SSSR count). The van der Waals surface area contributed by atoms with Crippen molar-refractivity contribution < 1.29 is 4.74 Å². The van der Waals surface area contributed by atoms with Crippen LogP contribution < -0.4 is 10.5 Å². The van der Waals surface area contributed by atoms with Crippen LogP contribution in [0.15, 0.2) is 54.6 Å². The molecule has 3 nitrogen and oxygen atoms in total. The Kier molecular flexibility index (Phi) is 4.95. The number of benzene rings is 2. The SMILES string of the molecule is CN(CN)CCc1ccc(Oc2ccccc2)cc1. The zero-order chi connectivity index (χ0) is 13.5. The number of rotatable bonds is 6. The van der Waals surface area contributed by atoms with Crippen molar-refractivity contribution in [1.29, 1.82) is 0 Å². The largest absolute Gasteiger partial charge is 0.457 e. The predicted molar refractivity (Wildman–Crippen MR) is 78.3 cm³/mol. The van der Waals surface area contributed by atoms with E-state index in [9.17, 15) is 0 Å². The second-order valence-corrected chi connectivity index (χ2v) is 4.57. The maximum absolute atomic E-state index is 5.75. The van der Waals surface area contributed by atoms with E-state index >= 15 is 0 Å². The number of likely N-dealkylation sites (N-methyl/N-ethyl adjacent to an activating group) is 1. The molecule has 100 valence electrons. The van der Waals surface area contributed by atoms with Crippen molar-refractivity contribution in [1.82, 2.24) is 4.90 Å². The molecule has 2 aromatic rings. The molecule has 0 aliphatic carbocycles. The summed E-state index contributed by atoms with van der Waals surface area (Å²) >= 11 is 0. The van der Waals surface area contributed by atoms with Gasteiger partial charge in [0, 0.05) is 13.2 Å². The Morgan fingerprint density at radius 1 is 0.947 bits per heavy atom. The first-order chi connectivity index (χ1) is 9.28. The minimum absolute atomic E-state index is 0.592. The van der Waals surface area contributed by atoms with Crippen LogP contribution in [0.5, 0.6) is 11.5 Å². The van der Waals surface area contributed by atoms with E-state index in [-0.39, 0.29) is 0 Å². The van der Waals surface area contributed by atoms with Crippen LogP contribution in [-0.4, -0.2) is 25.2 Å². The van der Waals surface area contributed by atoms with Crippen molar-refractivity contribution in [3.8, 4) is 11.5 Å². The van der Waals surface area contributed by atoms with E-state index in [2.05, 4.69) is 17.0 Å². The van der Waals surface area contributed by atoms with Gasteiger partial charge in [-0.25, -0.2) is 0 Å². The Labute approximate surface area is 114 Å². The smallest absolute Gasteiger partial charge is 0.127 e. The van der Waals surface area contributed by atoms with Crippen molar-refractivity contribution in [2.45, 2.75) is 6.42 Å². The number of nitrogens with zero attached hydrogens (tertiary/aromatic N) is 1. The third kappa shape index (κ3) is 4.39. The molecule has 0 bridgehead atoms. The first-order valence-electron chi connectivity index (χ1n) is 6.48. The summed E-state index contributed by atoms with van der Waals surface area (Å²) < 4.78 is 5.75. The average molecular weight is 256 g/mol. The Morgan fingerprint density at radius 2 is 1.58 bits per heavy atom. The lowest BCUT2D eigenvalue weighted by Gasteiger charge is -2.13. The molecule has 0 unspecified atom stereocenters. The van der Waals surface area contributed by atoms with Crippen molar-refractivity contribution in [3.05, 3.63) is 60.2 Å². The highest BCUT2D eigenvalue weighted by Crippen LogP contribution is 2.21. The molecule has 0 fully saturated rings. The van der Waals surface area contributed by atoms with Gasteiger partial charge in [0.05, 0.1) is 0 Å². The van der Waals surface area contributed by atoms with Crippen LogP contribution in [0.2, 0.25) is 0 Å². The fraction of sp³-hybridized carbons (Fsp3) is 0.250. The van der Waals surface area contributed by atoms with Crippen LogP contribution in [0, 0.1) is 0 Å². The average Bonchev–Trinajstić information content (AvgIpc) is 2.47. The lowest BCUT2D eigenvalue weighted by molar-refractivity contribution is 0.349. The van der Waals surface area contributed by atoms with Crippen LogP contribution in [0.4, 0.5) is 0 Å². The highest BCUT2D eigenvalue weighted by atomic mass is 16.5. The highest BCUT2D eigenvalue weighted by molar-refractivity contribution is 5.33. The summed E-state index contributed by atoms with van der Waals surface area (Å²) in [5.41, 5.74) is 6.84. The normalized spacial score (nSPS) is 10.7. The van der Waals surface area contributed by atoms with Crippen LogP contribution in [-0.2, 0) is 6.42 Å². The van der Waals surface area contributed by atoms with Crippen LogP contribution >= 0.6 is 0 Å².